The summed E-state index contributed by atoms with van der Waals surface area (Å²) in [7, 11) is 2.30. The van der Waals surface area contributed by atoms with Crippen LogP contribution in [0, 0.1) is 11.7 Å². The van der Waals surface area contributed by atoms with E-state index in [2.05, 4.69) is 30.1 Å². The Morgan fingerprint density at radius 3 is 2.35 bits per heavy atom. The van der Waals surface area contributed by atoms with Crippen molar-refractivity contribution in [1.82, 2.24) is 4.90 Å². The Hall–Kier alpha value is -3.05. The summed E-state index contributed by atoms with van der Waals surface area (Å²) in [5.74, 6) is -1.62. The van der Waals surface area contributed by atoms with E-state index in [4.69, 9.17) is 25.2 Å². The van der Waals surface area contributed by atoms with Crippen molar-refractivity contribution in [2.75, 3.05) is 13.6 Å². The molecule has 0 radical (unpaired) electrons. The number of benzene rings is 2. The number of fused-ring (bicyclic) bond motifs is 1. The molecule has 37 heavy (non-hydrogen) atoms. The molecule has 202 valence electrons. The van der Waals surface area contributed by atoms with Gasteiger partial charge in [-0.3, -0.25) is 0 Å². The summed E-state index contributed by atoms with van der Waals surface area (Å²) in [5.41, 5.74) is 3.33. The van der Waals surface area contributed by atoms with E-state index >= 15 is 0 Å². The third-order valence-corrected chi connectivity index (χ3v) is 7.92. The predicted octanol–water partition coefficient (Wildman–Crippen LogP) is 2.36. The van der Waals surface area contributed by atoms with Gasteiger partial charge in [0.05, 0.1) is 0 Å². The number of aliphatic carboxylic acids is 2. The zero-order chi connectivity index (χ0) is 26.0. The third kappa shape index (κ3) is 5.77. The Balaban J connectivity index is 0.000000298. The lowest BCUT2D eigenvalue weighted by Gasteiger charge is -2.58. The lowest BCUT2D eigenvalue weighted by atomic mass is 9.52. The number of carboxylic acids is 2. The maximum Gasteiger partial charge on any atom is 0.335 e. The summed E-state index contributed by atoms with van der Waals surface area (Å²) in [5, 5.41) is 32.5. The summed E-state index contributed by atoms with van der Waals surface area (Å²) in [6.07, 6.45) is 3.23. The summed E-state index contributed by atoms with van der Waals surface area (Å²) in [4.78, 5) is 22.1. The van der Waals surface area contributed by atoms with Crippen LogP contribution in [0.5, 0.6) is 11.5 Å². The zero-order valence-corrected chi connectivity index (χ0v) is 20.6. The normalized spacial score (nSPS) is 25.6. The number of carbonyl (C=O) groups is 2. The van der Waals surface area contributed by atoms with E-state index in [0.29, 0.717) is 17.2 Å². The van der Waals surface area contributed by atoms with Crippen LogP contribution in [0.15, 0.2) is 42.5 Å². The van der Waals surface area contributed by atoms with Gasteiger partial charge >= 0.3 is 11.9 Å². The SMILES string of the molecule is CN1CC[C@]23CCCC[C@H]2[C@H]1Cc1ccc(Oc2cccc(F)c2)cc13.O.O=C(O)C(O)C(O)C(=O)O. The van der Waals surface area contributed by atoms with Gasteiger partial charge in [0.15, 0.2) is 12.2 Å². The molecular weight excluding hydrogens is 485 g/mol. The highest BCUT2D eigenvalue weighted by atomic mass is 19.1. The highest BCUT2D eigenvalue weighted by Gasteiger charge is 2.53. The molecule has 2 bridgehead atoms. The number of likely N-dealkylation sites (N-methyl/N-ethyl adjacent to an activating group) is 1. The lowest BCUT2D eigenvalue weighted by molar-refractivity contribution is -0.165. The molecule has 1 saturated heterocycles. The first-order chi connectivity index (χ1) is 17.1. The summed E-state index contributed by atoms with van der Waals surface area (Å²) in [6.45, 7) is 1.19. The van der Waals surface area contributed by atoms with Crippen molar-refractivity contribution in [1.29, 1.82) is 0 Å². The molecule has 5 rings (SSSR count). The molecule has 6 N–H and O–H groups in total. The predicted molar refractivity (Wildman–Crippen MR) is 132 cm³/mol. The molecule has 0 spiro atoms. The van der Waals surface area contributed by atoms with E-state index in [1.54, 1.807) is 6.07 Å². The van der Waals surface area contributed by atoms with Crippen LogP contribution in [0.4, 0.5) is 4.39 Å². The fraction of sp³-hybridized carbons (Fsp3) is 0.481. The highest BCUT2D eigenvalue weighted by molar-refractivity contribution is 5.83. The third-order valence-electron chi connectivity index (χ3n) is 7.92. The van der Waals surface area contributed by atoms with Crippen molar-refractivity contribution in [2.24, 2.45) is 5.92 Å². The van der Waals surface area contributed by atoms with Crippen molar-refractivity contribution in [2.45, 2.75) is 62.2 Å². The average Bonchev–Trinajstić information content (AvgIpc) is 2.86. The Labute approximate surface area is 214 Å². The number of aliphatic hydroxyl groups excluding tert-OH is 2. The minimum atomic E-state index is -2.27. The fourth-order valence-corrected chi connectivity index (χ4v) is 6.18. The van der Waals surface area contributed by atoms with E-state index in [1.807, 2.05) is 6.07 Å². The van der Waals surface area contributed by atoms with Gasteiger partial charge in [-0.1, -0.05) is 25.0 Å². The second kappa shape index (κ2) is 11.6. The van der Waals surface area contributed by atoms with E-state index in [1.165, 1.54) is 61.9 Å². The number of halogens is 1. The maximum absolute atomic E-state index is 13.5. The van der Waals surface area contributed by atoms with Crippen LogP contribution in [-0.2, 0) is 21.4 Å². The van der Waals surface area contributed by atoms with Gasteiger partial charge in [0.2, 0.25) is 0 Å². The number of ether oxygens (including phenoxy) is 1. The molecule has 9 nitrogen and oxygen atoms in total. The van der Waals surface area contributed by atoms with Crippen molar-refractivity contribution in [3.63, 3.8) is 0 Å². The van der Waals surface area contributed by atoms with Gasteiger partial charge in [0, 0.05) is 17.5 Å². The van der Waals surface area contributed by atoms with E-state index < -0.39 is 24.1 Å². The van der Waals surface area contributed by atoms with Crippen LogP contribution < -0.4 is 4.74 Å². The Morgan fingerprint density at radius 1 is 1.03 bits per heavy atom. The Bertz CT molecular complexity index is 1110. The van der Waals surface area contributed by atoms with Gasteiger partial charge in [-0.25, -0.2) is 14.0 Å². The van der Waals surface area contributed by atoms with Crippen LogP contribution in [0.3, 0.4) is 0 Å². The van der Waals surface area contributed by atoms with Crippen LogP contribution in [0.25, 0.3) is 0 Å². The largest absolute Gasteiger partial charge is 0.479 e. The number of rotatable bonds is 5. The summed E-state index contributed by atoms with van der Waals surface area (Å²) < 4.78 is 19.5. The lowest BCUT2D eigenvalue weighted by Crippen LogP contribution is -2.59. The molecule has 5 atom stereocenters. The van der Waals surface area contributed by atoms with E-state index in [0.717, 1.165) is 18.1 Å². The molecular formula is C27H34FNO8. The van der Waals surface area contributed by atoms with Crippen LogP contribution in [0.1, 0.15) is 43.2 Å². The molecule has 2 aromatic carbocycles. The molecule has 3 aliphatic rings. The van der Waals surface area contributed by atoms with E-state index in [9.17, 15) is 14.0 Å². The molecule has 1 aliphatic heterocycles. The summed E-state index contributed by atoms with van der Waals surface area (Å²) >= 11 is 0. The standard InChI is InChI=1S/C23H26FNO.C4H6O6.H2O/c1-25-12-11-23-10-3-2-7-20(23)22(25)13-16-8-9-19(15-21(16)23)26-18-6-4-5-17(24)14-18;5-1(3(7)8)2(6)4(9)10;/h4-6,8-9,14-15,20,22H,2-3,7,10-13H2,1H3;1-2,5-6H,(H,7,8)(H,9,10);1H2/t20-,22+,23+;;/m0../s1. The first kappa shape index (κ1) is 28.5. The van der Waals surface area contributed by atoms with Gasteiger partial charge in [-0.15, -0.1) is 0 Å². The molecule has 1 heterocycles. The van der Waals surface area contributed by atoms with Crippen LogP contribution in [0.2, 0.25) is 0 Å². The molecule has 2 fully saturated rings. The molecule has 0 amide bonds. The van der Waals surface area contributed by atoms with Gasteiger partial charge in [0.1, 0.15) is 17.3 Å². The fourth-order valence-electron chi connectivity index (χ4n) is 6.18. The number of carboxylic acid groups (broad SMARTS) is 2. The van der Waals surface area contributed by atoms with Crippen molar-refractivity contribution in [3.05, 3.63) is 59.4 Å². The molecule has 1 saturated carbocycles. The first-order valence-corrected chi connectivity index (χ1v) is 12.2. The van der Waals surface area contributed by atoms with Crippen LogP contribution in [-0.4, -0.2) is 74.6 Å². The number of likely N-dealkylation sites (tertiary alicyclic amines) is 1. The number of aliphatic hydroxyl groups is 2. The molecule has 2 aromatic rings. The van der Waals surface area contributed by atoms with Gasteiger partial charge in [-0.05, 0) is 80.6 Å². The Morgan fingerprint density at radius 2 is 1.70 bits per heavy atom. The van der Waals surface area contributed by atoms with Gasteiger partial charge in [0.25, 0.3) is 0 Å². The van der Waals surface area contributed by atoms with Crippen LogP contribution >= 0.6 is 0 Å². The number of hydrogen-bond donors (Lipinski definition) is 4. The zero-order valence-electron chi connectivity index (χ0n) is 20.6. The maximum atomic E-state index is 13.5. The van der Waals surface area contributed by atoms with Gasteiger partial charge < -0.3 is 35.5 Å². The topological polar surface area (TPSA) is 159 Å². The quantitative estimate of drug-likeness (QED) is 0.469. The average molecular weight is 520 g/mol. The number of nitrogens with zero attached hydrogens (tertiary/aromatic N) is 1. The number of piperidine rings is 1. The highest BCUT2D eigenvalue weighted by Crippen LogP contribution is 2.56. The Kier molecular flexibility index (Phi) is 8.91. The van der Waals surface area contributed by atoms with Crippen molar-refractivity contribution < 1.29 is 44.6 Å². The van der Waals surface area contributed by atoms with Crippen molar-refractivity contribution >= 4 is 11.9 Å². The first-order valence-electron chi connectivity index (χ1n) is 12.2. The number of hydrogen-bond acceptors (Lipinski definition) is 6. The smallest absolute Gasteiger partial charge is 0.335 e. The second-order valence-corrected chi connectivity index (χ2v) is 9.96. The minimum Gasteiger partial charge on any atom is -0.479 e. The second-order valence-electron chi connectivity index (χ2n) is 9.96. The monoisotopic (exact) mass is 519 g/mol. The minimum absolute atomic E-state index is 0. The molecule has 10 heteroatoms. The van der Waals surface area contributed by atoms with Crippen molar-refractivity contribution in [3.8, 4) is 11.5 Å². The molecule has 2 unspecified atom stereocenters. The molecule has 0 aromatic heterocycles. The van der Waals surface area contributed by atoms with Gasteiger partial charge in [-0.2, -0.15) is 0 Å². The summed E-state index contributed by atoms with van der Waals surface area (Å²) in [6, 6.07) is 13.7. The van der Waals surface area contributed by atoms with E-state index in [-0.39, 0.29) is 11.3 Å². The molecule has 2 aliphatic carbocycles.